The van der Waals surface area contributed by atoms with E-state index in [1.165, 1.54) is 0 Å². The molecule has 0 fully saturated rings. The molecule has 5 heteroatoms. The lowest BCUT2D eigenvalue weighted by Crippen LogP contribution is -1.95. The van der Waals surface area contributed by atoms with E-state index >= 15 is 0 Å². The highest BCUT2D eigenvalue weighted by molar-refractivity contribution is 5.80. The molecular formula is C22H18N4O. The molecule has 0 N–H and O–H groups in total. The first-order valence-corrected chi connectivity index (χ1v) is 8.63. The number of aldehydes is 1. The minimum atomic E-state index is 0.668. The summed E-state index contributed by atoms with van der Waals surface area (Å²) in [6, 6.07) is 5.67. The molecule has 3 heterocycles. The smallest absolute Gasteiger partial charge is 0.155 e. The molecule has 0 aliphatic carbocycles. The maximum absolute atomic E-state index is 11.0. The summed E-state index contributed by atoms with van der Waals surface area (Å²) in [4.78, 5) is 24.2. The van der Waals surface area contributed by atoms with Gasteiger partial charge in [0.1, 0.15) is 6.29 Å². The van der Waals surface area contributed by atoms with Gasteiger partial charge in [0.05, 0.1) is 11.9 Å². The van der Waals surface area contributed by atoms with Gasteiger partial charge in [-0.2, -0.15) is 0 Å². The molecule has 0 aliphatic rings. The molecule has 0 bridgehead atoms. The summed E-state index contributed by atoms with van der Waals surface area (Å²) >= 11 is 0. The first kappa shape index (κ1) is 16.8. The second-order valence-corrected chi connectivity index (χ2v) is 6.43. The summed E-state index contributed by atoms with van der Waals surface area (Å²) in [5, 5.41) is 0. The van der Waals surface area contributed by atoms with Gasteiger partial charge in [-0.05, 0) is 42.2 Å². The fourth-order valence-electron chi connectivity index (χ4n) is 3.02. The summed E-state index contributed by atoms with van der Waals surface area (Å²) in [6.07, 6.45) is 15.9. The maximum Gasteiger partial charge on any atom is 0.155 e. The molecule has 0 atom stereocenters. The Labute approximate surface area is 157 Å². The minimum absolute atomic E-state index is 0.668. The quantitative estimate of drug-likeness (QED) is 0.510. The molecule has 0 radical (unpaired) electrons. The largest absolute Gasteiger partial charge is 0.304 e. The van der Waals surface area contributed by atoms with Crippen molar-refractivity contribution in [2.75, 3.05) is 0 Å². The summed E-state index contributed by atoms with van der Waals surface area (Å²) < 4.78 is 1.94. The fraction of sp³-hybridized carbons (Fsp3) is 0.0909. The van der Waals surface area contributed by atoms with Crippen LogP contribution in [-0.4, -0.2) is 25.6 Å². The predicted molar refractivity (Wildman–Crippen MR) is 106 cm³/mol. The van der Waals surface area contributed by atoms with E-state index in [0.717, 1.165) is 45.4 Å². The molecular weight excluding hydrogens is 336 g/mol. The lowest BCUT2D eigenvalue weighted by atomic mass is 10.0. The first-order chi connectivity index (χ1) is 13.2. The van der Waals surface area contributed by atoms with Gasteiger partial charge in [0.15, 0.2) is 5.65 Å². The van der Waals surface area contributed by atoms with E-state index in [-0.39, 0.29) is 0 Å². The standard InChI is InChI=1S/C22H18N4O/c1-15-3-4-17(14-27)9-18(15)5-6-19-10-23-11-20(16(19)2)21-13-26-8-7-24-22(26)12-25-21/h3-14H,1-2H3/b6-5+. The number of fused-ring (bicyclic) bond motifs is 1. The van der Waals surface area contributed by atoms with Crippen molar-refractivity contribution in [3.05, 3.63) is 83.2 Å². The number of hydrogen-bond acceptors (Lipinski definition) is 4. The third-order valence-corrected chi connectivity index (χ3v) is 4.69. The molecule has 27 heavy (non-hydrogen) atoms. The van der Waals surface area contributed by atoms with Crippen LogP contribution < -0.4 is 0 Å². The van der Waals surface area contributed by atoms with Crippen LogP contribution in [-0.2, 0) is 0 Å². The second-order valence-electron chi connectivity index (χ2n) is 6.43. The van der Waals surface area contributed by atoms with E-state index in [9.17, 15) is 4.79 Å². The minimum Gasteiger partial charge on any atom is -0.304 e. The predicted octanol–water partition coefficient (Wildman–Crippen LogP) is 4.39. The number of imidazole rings is 1. The van der Waals surface area contributed by atoms with E-state index in [1.54, 1.807) is 12.4 Å². The molecule has 0 saturated carbocycles. The average molecular weight is 354 g/mol. The Morgan fingerprint density at radius 3 is 2.70 bits per heavy atom. The molecule has 4 rings (SSSR count). The van der Waals surface area contributed by atoms with Crippen LogP contribution in [0.2, 0.25) is 0 Å². The zero-order valence-corrected chi connectivity index (χ0v) is 15.1. The van der Waals surface area contributed by atoms with Crippen molar-refractivity contribution < 1.29 is 4.79 Å². The van der Waals surface area contributed by atoms with Crippen LogP contribution >= 0.6 is 0 Å². The van der Waals surface area contributed by atoms with Crippen LogP contribution in [0.5, 0.6) is 0 Å². The van der Waals surface area contributed by atoms with Crippen LogP contribution in [0, 0.1) is 13.8 Å². The number of nitrogens with zero attached hydrogens (tertiary/aromatic N) is 4. The highest BCUT2D eigenvalue weighted by Crippen LogP contribution is 2.25. The lowest BCUT2D eigenvalue weighted by molar-refractivity contribution is 0.112. The van der Waals surface area contributed by atoms with Gasteiger partial charge in [-0.3, -0.25) is 14.8 Å². The van der Waals surface area contributed by atoms with E-state index in [2.05, 4.69) is 21.9 Å². The van der Waals surface area contributed by atoms with Gasteiger partial charge in [-0.15, -0.1) is 0 Å². The monoisotopic (exact) mass is 354 g/mol. The summed E-state index contributed by atoms with van der Waals surface area (Å²) in [6.45, 7) is 4.09. The molecule has 0 amide bonds. The highest BCUT2D eigenvalue weighted by Gasteiger charge is 2.08. The van der Waals surface area contributed by atoms with Gasteiger partial charge in [-0.1, -0.05) is 24.3 Å². The average Bonchev–Trinajstić information content (AvgIpc) is 3.16. The van der Waals surface area contributed by atoms with Gasteiger partial charge in [0.25, 0.3) is 0 Å². The normalized spacial score (nSPS) is 11.3. The second kappa shape index (κ2) is 6.96. The van der Waals surface area contributed by atoms with Crippen LogP contribution in [0.25, 0.3) is 29.1 Å². The third-order valence-electron chi connectivity index (χ3n) is 4.69. The van der Waals surface area contributed by atoms with Crippen molar-refractivity contribution in [1.82, 2.24) is 19.4 Å². The van der Waals surface area contributed by atoms with Gasteiger partial charge in [0, 0.05) is 42.1 Å². The topological polar surface area (TPSA) is 60.2 Å². The molecule has 4 aromatic rings. The van der Waals surface area contributed by atoms with Gasteiger partial charge in [0.2, 0.25) is 0 Å². The summed E-state index contributed by atoms with van der Waals surface area (Å²) in [5.74, 6) is 0. The van der Waals surface area contributed by atoms with Crippen molar-refractivity contribution in [2.45, 2.75) is 13.8 Å². The molecule has 132 valence electrons. The Morgan fingerprint density at radius 2 is 1.85 bits per heavy atom. The van der Waals surface area contributed by atoms with Crippen LogP contribution in [0.3, 0.4) is 0 Å². The first-order valence-electron chi connectivity index (χ1n) is 8.63. The maximum atomic E-state index is 11.0. The van der Waals surface area contributed by atoms with E-state index in [4.69, 9.17) is 0 Å². The van der Waals surface area contributed by atoms with Gasteiger partial charge < -0.3 is 4.40 Å². The van der Waals surface area contributed by atoms with Crippen LogP contribution in [0.15, 0.2) is 55.4 Å². The lowest BCUT2D eigenvalue weighted by Gasteiger charge is -2.08. The summed E-state index contributed by atoms with van der Waals surface area (Å²) in [5.41, 5.74) is 7.54. The molecule has 1 aromatic carbocycles. The van der Waals surface area contributed by atoms with Crippen molar-refractivity contribution >= 4 is 24.1 Å². The molecule has 5 nitrogen and oxygen atoms in total. The zero-order valence-electron chi connectivity index (χ0n) is 15.1. The molecule has 0 aliphatic heterocycles. The Hall–Kier alpha value is -3.60. The van der Waals surface area contributed by atoms with Crippen LogP contribution in [0.4, 0.5) is 0 Å². The zero-order chi connectivity index (χ0) is 18.8. The number of pyridine rings is 1. The van der Waals surface area contributed by atoms with Crippen molar-refractivity contribution in [3.63, 3.8) is 0 Å². The van der Waals surface area contributed by atoms with Gasteiger partial charge in [-0.25, -0.2) is 4.98 Å². The molecule has 0 saturated heterocycles. The van der Waals surface area contributed by atoms with E-state index in [0.29, 0.717) is 5.56 Å². The van der Waals surface area contributed by atoms with Crippen molar-refractivity contribution in [1.29, 1.82) is 0 Å². The fourth-order valence-corrected chi connectivity index (χ4v) is 3.02. The molecule has 0 unspecified atom stereocenters. The number of carbonyl (C=O) groups excluding carboxylic acids is 1. The number of hydrogen-bond donors (Lipinski definition) is 0. The highest BCUT2D eigenvalue weighted by atomic mass is 16.1. The number of aromatic nitrogens is 4. The number of carbonyl (C=O) groups is 1. The molecule has 0 spiro atoms. The Balaban J connectivity index is 1.73. The Morgan fingerprint density at radius 1 is 1.00 bits per heavy atom. The third kappa shape index (κ3) is 3.27. The van der Waals surface area contributed by atoms with E-state index < -0.39 is 0 Å². The number of rotatable bonds is 4. The van der Waals surface area contributed by atoms with E-state index in [1.807, 2.05) is 66.5 Å². The van der Waals surface area contributed by atoms with Crippen LogP contribution in [0.1, 0.15) is 32.6 Å². The number of aryl methyl sites for hydroxylation is 1. The Bertz CT molecular complexity index is 1170. The Kier molecular flexibility index (Phi) is 4.34. The van der Waals surface area contributed by atoms with Crippen molar-refractivity contribution in [2.24, 2.45) is 0 Å². The SMILES string of the molecule is Cc1ccc(C=O)cc1/C=C/c1cncc(-c2cn3ccnc3cn2)c1C. The van der Waals surface area contributed by atoms with Gasteiger partial charge >= 0.3 is 0 Å². The summed E-state index contributed by atoms with van der Waals surface area (Å²) in [7, 11) is 0. The van der Waals surface area contributed by atoms with Crippen molar-refractivity contribution in [3.8, 4) is 11.3 Å². The molecule has 3 aromatic heterocycles. The number of benzene rings is 1.